The van der Waals surface area contributed by atoms with E-state index in [9.17, 15) is 14.3 Å². The first-order chi connectivity index (χ1) is 23.7. The molecule has 250 valence electrons. The topological polar surface area (TPSA) is 107 Å². The van der Waals surface area contributed by atoms with Crippen LogP contribution in [0.2, 0.25) is 0 Å². The van der Waals surface area contributed by atoms with Crippen LogP contribution in [0.25, 0.3) is 32.9 Å². The van der Waals surface area contributed by atoms with Gasteiger partial charge >= 0.3 is 6.09 Å². The molecule has 4 fully saturated rings. The minimum Gasteiger partial charge on any atom is -0.508 e. The van der Waals surface area contributed by atoms with Gasteiger partial charge in [0, 0.05) is 69.0 Å². The highest BCUT2D eigenvalue weighted by Crippen LogP contribution is 2.43. The lowest BCUT2D eigenvalue weighted by atomic mass is 9.95. The number of phenols is 1. The quantitative estimate of drug-likeness (QED) is 0.307. The zero-order chi connectivity index (χ0) is 34.0. The molecule has 4 atom stereocenters. The van der Waals surface area contributed by atoms with Crippen LogP contribution in [0.3, 0.4) is 0 Å². The number of fused-ring (bicyclic) bond motifs is 5. The zero-order valence-corrected chi connectivity index (χ0v) is 27.3. The molecule has 8 rings (SSSR count). The van der Waals surface area contributed by atoms with Crippen molar-refractivity contribution in [3.05, 3.63) is 53.5 Å². The van der Waals surface area contributed by atoms with Gasteiger partial charge in [-0.25, -0.2) is 23.5 Å². The Morgan fingerprint density at radius 2 is 2.10 bits per heavy atom. The average Bonchev–Trinajstić information content (AvgIpc) is 3.89. The molecule has 0 spiro atoms. The first-order valence-electron chi connectivity index (χ1n) is 16.6. The molecular formula is C37H35F2N7O3. The first-order valence-corrected chi connectivity index (χ1v) is 16.6. The predicted molar refractivity (Wildman–Crippen MR) is 181 cm³/mol. The molecule has 0 radical (unpaired) electrons. The van der Waals surface area contributed by atoms with Gasteiger partial charge in [-0.15, -0.1) is 6.42 Å². The monoisotopic (exact) mass is 663 g/mol. The number of benzene rings is 2. The molecule has 4 aromatic rings. The summed E-state index contributed by atoms with van der Waals surface area (Å²) in [6, 6.07) is 6.06. The molecule has 12 heteroatoms. The van der Waals surface area contributed by atoms with E-state index in [0.717, 1.165) is 45.2 Å². The van der Waals surface area contributed by atoms with E-state index in [1.807, 2.05) is 0 Å². The van der Waals surface area contributed by atoms with Gasteiger partial charge in [0.05, 0.1) is 16.5 Å². The zero-order valence-electron chi connectivity index (χ0n) is 27.3. The number of nitrogens with zero attached hydrogens (tertiary/aromatic N) is 6. The van der Waals surface area contributed by atoms with E-state index in [4.69, 9.17) is 16.1 Å². The molecule has 1 amide bonds. The number of phenolic OH excluding ortho intramolecular Hbond substituents is 1. The number of carbonyl (C=O) groups excluding carboxylic acids is 1. The number of nitrogens with one attached hydrogen (secondary N) is 1. The number of hydrogen-bond acceptors (Lipinski definition) is 9. The van der Waals surface area contributed by atoms with Crippen molar-refractivity contribution >= 4 is 33.6 Å². The lowest BCUT2D eigenvalue weighted by Crippen LogP contribution is -2.44. The number of aromatic hydroxyl groups is 1. The summed E-state index contributed by atoms with van der Waals surface area (Å²) in [5.74, 6) is 8.34. The number of amides is 1. The van der Waals surface area contributed by atoms with Crippen LogP contribution < -0.4 is 10.2 Å². The predicted octanol–water partition coefficient (Wildman–Crippen LogP) is 4.41. The number of ether oxygens (including phenoxy) is 1. The second-order valence-corrected chi connectivity index (χ2v) is 13.6. The third-order valence-corrected chi connectivity index (χ3v) is 10.5. The molecule has 2 bridgehead atoms. The van der Waals surface area contributed by atoms with Crippen molar-refractivity contribution in [2.24, 2.45) is 0 Å². The number of pyridine rings is 1. The lowest BCUT2D eigenvalue weighted by molar-refractivity contribution is 0.0794. The molecule has 10 nitrogen and oxygen atoms in total. The van der Waals surface area contributed by atoms with Crippen LogP contribution in [0.5, 0.6) is 5.75 Å². The Balaban J connectivity index is 1.24. The number of hydrogen-bond donors (Lipinski definition) is 2. The maximum Gasteiger partial charge on any atom is 0.409 e. The van der Waals surface area contributed by atoms with Crippen molar-refractivity contribution in [3.63, 3.8) is 0 Å². The summed E-state index contributed by atoms with van der Waals surface area (Å²) in [6.45, 7) is 2.63. The molecule has 49 heavy (non-hydrogen) atoms. The van der Waals surface area contributed by atoms with Gasteiger partial charge in [0.15, 0.2) is 5.82 Å². The van der Waals surface area contributed by atoms with Crippen LogP contribution in [0, 0.1) is 35.8 Å². The molecule has 0 saturated carbocycles. The van der Waals surface area contributed by atoms with Crippen LogP contribution in [0.15, 0.2) is 30.5 Å². The van der Waals surface area contributed by atoms with Gasteiger partial charge < -0.3 is 25.0 Å². The van der Waals surface area contributed by atoms with Gasteiger partial charge in [-0.3, -0.25) is 9.88 Å². The van der Waals surface area contributed by atoms with Crippen molar-refractivity contribution in [3.8, 4) is 41.2 Å². The summed E-state index contributed by atoms with van der Waals surface area (Å²) >= 11 is 0. The van der Waals surface area contributed by atoms with Crippen molar-refractivity contribution in [1.82, 2.24) is 30.1 Å². The summed E-state index contributed by atoms with van der Waals surface area (Å²) in [6.07, 6.45) is 11.3. The Morgan fingerprint density at radius 1 is 1.24 bits per heavy atom. The third kappa shape index (κ3) is 5.18. The number of anilines is 1. The molecule has 4 saturated heterocycles. The minimum atomic E-state index is -0.741. The summed E-state index contributed by atoms with van der Waals surface area (Å²) in [7, 11) is 3.32. The van der Waals surface area contributed by atoms with E-state index >= 15 is 4.39 Å². The summed E-state index contributed by atoms with van der Waals surface area (Å²) in [5.41, 5.74) is -0.383. The molecule has 2 N–H and O–H groups in total. The van der Waals surface area contributed by atoms with Gasteiger partial charge in [-0.2, -0.15) is 0 Å². The van der Waals surface area contributed by atoms with Crippen LogP contribution in [-0.4, -0.2) is 100.0 Å². The maximum absolute atomic E-state index is 16.9. The number of carbonyl (C=O) groups is 1. The second kappa shape index (κ2) is 11.8. The summed E-state index contributed by atoms with van der Waals surface area (Å²) in [4.78, 5) is 32.1. The van der Waals surface area contributed by atoms with Gasteiger partial charge in [0.1, 0.15) is 35.2 Å². The SMILES string of the molecule is C#Cc1c(F)ccc2cc(O)cc(-c3ncc4c(N5C[C@@H]6C[C@H]5CN6)nc(C#C[C@]56CCCN5[C@@H](COC(=O)N(C)C)CC6)nc4c3F)c12. The number of terminal acetylenes is 1. The van der Waals surface area contributed by atoms with Crippen LogP contribution in [0.4, 0.5) is 19.4 Å². The highest BCUT2D eigenvalue weighted by atomic mass is 19.1. The van der Waals surface area contributed by atoms with E-state index in [0.29, 0.717) is 35.8 Å². The Hall–Kier alpha value is -5.04. The van der Waals surface area contributed by atoms with E-state index in [1.165, 1.54) is 29.2 Å². The maximum atomic E-state index is 16.9. The smallest absolute Gasteiger partial charge is 0.409 e. The van der Waals surface area contributed by atoms with Crippen molar-refractivity contribution in [2.45, 2.75) is 55.8 Å². The fourth-order valence-electron chi connectivity index (χ4n) is 8.18. The normalized spacial score (nSPS) is 24.2. The molecule has 2 aromatic carbocycles. The Bertz CT molecular complexity index is 2140. The number of halogens is 2. The second-order valence-electron chi connectivity index (χ2n) is 13.6. The minimum absolute atomic E-state index is 0.0332. The molecular weight excluding hydrogens is 628 g/mol. The molecule has 0 unspecified atom stereocenters. The van der Waals surface area contributed by atoms with Gasteiger partial charge in [-0.1, -0.05) is 17.9 Å². The Kier molecular flexibility index (Phi) is 7.54. The lowest BCUT2D eigenvalue weighted by Gasteiger charge is -2.30. The summed E-state index contributed by atoms with van der Waals surface area (Å²) < 4.78 is 37.3. The van der Waals surface area contributed by atoms with E-state index < -0.39 is 17.2 Å². The Labute approximate surface area is 282 Å². The number of aromatic nitrogens is 3. The fraction of sp³-hybridized carbons (Fsp3) is 0.405. The third-order valence-electron chi connectivity index (χ3n) is 10.5. The van der Waals surface area contributed by atoms with Crippen molar-refractivity contribution < 1.29 is 23.4 Å². The highest BCUT2D eigenvalue weighted by Gasteiger charge is 2.48. The standard InChI is InChI=1S/C37H35F2N7O3/c1-4-26-29(38)7-6-21-14-25(47)16-27(31(21)26)33-32(39)34-28(18-41-33)35(45-19-22-15-24(45)17-40-22)43-30(42-34)9-12-37-10-5-13-46(37)23(8-11-37)20-49-36(48)44(2)3/h1,6-7,14,16,18,22-24,40,47H,5,8,10-11,13,15,17,19-20H2,2-3H3/t22-,23+,24-,37+/m0/s1. The summed E-state index contributed by atoms with van der Waals surface area (Å²) in [5, 5.41) is 15.2. The van der Waals surface area contributed by atoms with Crippen LogP contribution in [0.1, 0.15) is 43.5 Å². The van der Waals surface area contributed by atoms with Gasteiger partial charge in [0.25, 0.3) is 0 Å². The Morgan fingerprint density at radius 3 is 2.86 bits per heavy atom. The molecule has 0 aliphatic carbocycles. The van der Waals surface area contributed by atoms with Gasteiger partial charge in [0.2, 0.25) is 5.82 Å². The molecule has 6 heterocycles. The van der Waals surface area contributed by atoms with Gasteiger partial charge in [-0.05, 0) is 61.6 Å². The van der Waals surface area contributed by atoms with Crippen molar-refractivity contribution in [1.29, 1.82) is 0 Å². The molecule has 2 aromatic heterocycles. The van der Waals surface area contributed by atoms with E-state index in [2.05, 4.69) is 42.8 Å². The highest BCUT2D eigenvalue weighted by molar-refractivity contribution is 6.03. The van der Waals surface area contributed by atoms with Crippen LogP contribution >= 0.6 is 0 Å². The van der Waals surface area contributed by atoms with Crippen LogP contribution in [-0.2, 0) is 4.74 Å². The first kappa shape index (κ1) is 31.2. The number of rotatable bonds is 4. The number of piperazine rings is 1. The van der Waals surface area contributed by atoms with Crippen molar-refractivity contribution in [2.75, 3.05) is 45.2 Å². The average molecular weight is 664 g/mol. The van der Waals surface area contributed by atoms with E-state index in [-0.39, 0.29) is 57.5 Å². The van der Waals surface area contributed by atoms with E-state index in [1.54, 1.807) is 20.3 Å². The fourth-order valence-corrected chi connectivity index (χ4v) is 8.18. The molecule has 4 aliphatic heterocycles. The largest absolute Gasteiger partial charge is 0.508 e. The molecule has 4 aliphatic rings.